The Bertz CT molecular complexity index is 974. The highest BCUT2D eigenvalue weighted by Gasteiger charge is 2.11. The van der Waals surface area contributed by atoms with Gasteiger partial charge in [0, 0.05) is 22.2 Å². The van der Waals surface area contributed by atoms with E-state index in [-0.39, 0.29) is 6.61 Å². The summed E-state index contributed by atoms with van der Waals surface area (Å²) < 4.78 is 17.2. The van der Waals surface area contributed by atoms with E-state index in [1.54, 1.807) is 19.2 Å². The lowest BCUT2D eigenvalue weighted by atomic mass is 10.1. The molecule has 0 aliphatic rings. The number of hydrogen-bond donors (Lipinski definition) is 1. The summed E-state index contributed by atoms with van der Waals surface area (Å²) in [5.41, 5.74) is 3.07. The Hall–Kier alpha value is -2.40. The van der Waals surface area contributed by atoms with Gasteiger partial charge in [0.15, 0.2) is 11.5 Å². The minimum Gasteiger partial charge on any atom is -0.496 e. The first-order valence-corrected chi connectivity index (χ1v) is 11.0. The second-order valence-electron chi connectivity index (χ2n) is 6.94. The standard InChI is InChI=1S/C25H27Cl2NO3/c1-3-30-25-15-18(16-28-14-13-19-7-4-5-10-23(19)29-2)11-12-24(25)31-17-20-21(26)8-6-9-22(20)27/h4-12,15,28H,3,13-14,16-17H2,1-2H3. The van der Waals surface area contributed by atoms with Gasteiger partial charge in [0.1, 0.15) is 12.4 Å². The molecule has 0 heterocycles. The van der Waals surface area contributed by atoms with E-state index in [1.165, 1.54) is 5.56 Å². The molecule has 0 unspecified atom stereocenters. The molecule has 0 saturated heterocycles. The van der Waals surface area contributed by atoms with E-state index in [1.807, 2.05) is 49.4 Å². The maximum absolute atomic E-state index is 6.24. The largest absolute Gasteiger partial charge is 0.496 e. The van der Waals surface area contributed by atoms with Crippen LogP contribution in [0.4, 0.5) is 0 Å². The fraction of sp³-hybridized carbons (Fsp3) is 0.280. The molecule has 3 rings (SSSR count). The van der Waals surface area contributed by atoms with Crippen molar-refractivity contribution in [1.82, 2.24) is 5.32 Å². The molecule has 1 N–H and O–H groups in total. The summed E-state index contributed by atoms with van der Waals surface area (Å²) in [6.45, 7) is 4.34. The van der Waals surface area contributed by atoms with Crippen LogP contribution in [0, 0.1) is 0 Å². The van der Waals surface area contributed by atoms with Gasteiger partial charge in [-0.15, -0.1) is 0 Å². The summed E-state index contributed by atoms with van der Waals surface area (Å²) in [6, 6.07) is 19.5. The SMILES string of the molecule is CCOc1cc(CNCCc2ccccc2OC)ccc1OCc1c(Cl)cccc1Cl. The zero-order valence-electron chi connectivity index (χ0n) is 17.8. The average molecular weight is 460 g/mol. The highest BCUT2D eigenvalue weighted by Crippen LogP contribution is 2.31. The van der Waals surface area contributed by atoms with Gasteiger partial charge in [0.05, 0.1) is 13.7 Å². The van der Waals surface area contributed by atoms with E-state index >= 15 is 0 Å². The summed E-state index contributed by atoms with van der Waals surface area (Å²) in [5, 5.41) is 4.65. The Morgan fingerprint density at radius 3 is 2.35 bits per heavy atom. The third kappa shape index (κ3) is 6.54. The van der Waals surface area contributed by atoms with Gasteiger partial charge in [0.2, 0.25) is 0 Å². The van der Waals surface area contributed by atoms with Crippen LogP contribution in [-0.2, 0) is 19.6 Å². The molecule has 0 spiro atoms. The molecule has 164 valence electrons. The first-order valence-electron chi connectivity index (χ1n) is 10.3. The minimum atomic E-state index is 0.273. The van der Waals surface area contributed by atoms with Crippen LogP contribution in [0.15, 0.2) is 60.7 Å². The molecule has 0 aliphatic carbocycles. The Kier molecular flexibility index (Phi) is 8.89. The third-order valence-electron chi connectivity index (χ3n) is 4.83. The number of nitrogens with one attached hydrogen (secondary N) is 1. The monoisotopic (exact) mass is 459 g/mol. The minimum absolute atomic E-state index is 0.273. The van der Waals surface area contributed by atoms with Crippen molar-refractivity contribution >= 4 is 23.2 Å². The maximum Gasteiger partial charge on any atom is 0.161 e. The molecular formula is C25H27Cl2NO3. The third-order valence-corrected chi connectivity index (χ3v) is 5.54. The number of benzene rings is 3. The zero-order chi connectivity index (χ0) is 22.1. The Morgan fingerprint density at radius 2 is 1.61 bits per heavy atom. The first kappa shape index (κ1) is 23.3. The highest BCUT2D eigenvalue weighted by atomic mass is 35.5. The molecule has 3 aromatic carbocycles. The van der Waals surface area contributed by atoms with Gasteiger partial charge in [0.25, 0.3) is 0 Å². The van der Waals surface area contributed by atoms with Crippen molar-refractivity contribution in [2.75, 3.05) is 20.3 Å². The molecule has 0 saturated carbocycles. The second kappa shape index (κ2) is 11.8. The molecule has 0 aliphatic heterocycles. The maximum atomic E-state index is 6.24. The van der Waals surface area contributed by atoms with Crippen LogP contribution in [0.25, 0.3) is 0 Å². The van der Waals surface area contributed by atoms with Gasteiger partial charge in [-0.2, -0.15) is 0 Å². The molecule has 0 amide bonds. The smallest absolute Gasteiger partial charge is 0.161 e. The molecule has 0 fully saturated rings. The molecule has 31 heavy (non-hydrogen) atoms. The van der Waals surface area contributed by atoms with E-state index in [4.69, 9.17) is 37.4 Å². The number of methoxy groups -OCH3 is 1. The van der Waals surface area contributed by atoms with Crippen molar-refractivity contribution in [3.63, 3.8) is 0 Å². The normalized spacial score (nSPS) is 10.7. The van der Waals surface area contributed by atoms with E-state index < -0.39 is 0 Å². The van der Waals surface area contributed by atoms with Gasteiger partial charge in [-0.05, 0) is 61.3 Å². The lowest BCUT2D eigenvalue weighted by molar-refractivity contribution is 0.269. The average Bonchev–Trinajstić information content (AvgIpc) is 2.78. The summed E-state index contributed by atoms with van der Waals surface area (Å²) in [6.07, 6.45) is 0.891. The van der Waals surface area contributed by atoms with Gasteiger partial charge in [-0.25, -0.2) is 0 Å². The number of ether oxygens (including phenoxy) is 3. The quantitative estimate of drug-likeness (QED) is 0.341. The van der Waals surface area contributed by atoms with E-state index in [0.717, 1.165) is 36.4 Å². The number of halogens is 2. The van der Waals surface area contributed by atoms with Crippen LogP contribution >= 0.6 is 23.2 Å². The Morgan fingerprint density at radius 1 is 0.839 bits per heavy atom. The van der Waals surface area contributed by atoms with Gasteiger partial charge in [-0.1, -0.05) is 53.5 Å². The van der Waals surface area contributed by atoms with Crippen molar-refractivity contribution < 1.29 is 14.2 Å². The molecule has 0 aromatic heterocycles. The van der Waals surface area contributed by atoms with Crippen LogP contribution in [-0.4, -0.2) is 20.3 Å². The molecule has 6 heteroatoms. The van der Waals surface area contributed by atoms with Crippen LogP contribution < -0.4 is 19.5 Å². The first-order chi connectivity index (χ1) is 15.1. The van der Waals surface area contributed by atoms with Crippen molar-refractivity contribution in [3.8, 4) is 17.2 Å². The highest BCUT2D eigenvalue weighted by molar-refractivity contribution is 6.35. The molecule has 3 aromatic rings. The molecular weight excluding hydrogens is 433 g/mol. The predicted octanol–water partition coefficient (Wildman–Crippen LogP) is 6.31. The number of hydrogen-bond acceptors (Lipinski definition) is 4. The van der Waals surface area contributed by atoms with Crippen molar-refractivity contribution in [2.45, 2.75) is 26.5 Å². The predicted molar refractivity (Wildman–Crippen MR) is 127 cm³/mol. The van der Waals surface area contributed by atoms with E-state index in [9.17, 15) is 0 Å². The summed E-state index contributed by atoms with van der Waals surface area (Å²) in [7, 11) is 1.70. The zero-order valence-corrected chi connectivity index (χ0v) is 19.3. The van der Waals surface area contributed by atoms with Crippen molar-refractivity contribution in [1.29, 1.82) is 0 Å². The fourth-order valence-electron chi connectivity index (χ4n) is 3.24. The molecule has 0 bridgehead atoms. The van der Waals surface area contributed by atoms with Gasteiger partial charge >= 0.3 is 0 Å². The van der Waals surface area contributed by atoms with Crippen LogP contribution in [0.1, 0.15) is 23.6 Å². The number of para-hydroxylation sites is 1. The molecule has 0 radical (unpaired) electrons. The summed E-state index contributed by atoms with van der Waals surface area (Å²) >= 11 is 12.5. The lowest BCUT2D eigenvalue weighted by Gasteiger charge is -2.15. The Balaban J connectivity index is 1.59. The lowest BCUT2D eigenvalue weighted by Crippen LogP contribution is -2.17. The van der Waals surface area contributed by atoms with Crippen molar-refractivity contribution in [3.05, 3.63) is 87.4 Å². The number of rotatable bonds is 11. The van der Waals surface area contributed by atoms with E-state index in [2.05, 4.69) is 11.4 Å². The van der Waals surface area contributed by atoms with Crippen LogP contribution in [0.3, 0.4) is 0 Å². The Labute approximate surface area is 194 Å². The van der Waals surface area contributed by atoms with E-state index in [0.29, 0.717) is 28.2 Å². The summed E-state index contributed by atoms with van der Waals surface area (Å²) in [5.74, 6) is 2.29. The van der Waals surface area contributed by atoms with Crippen LogP contribution in [0.2, 0.25) is 10.0 Å². The summed E-state index contributed by atoms with van der Waals surface area (Å²) in [4.78, 5) is 0. The van der Waals surface area contributed by atoms with Crippen LogP contribution in [0.5, 0.6) is 17.2 Å². The van der Waals surface area contributed by atoms with Gasteiger partial charge < -0.3 is 19.5 Å². The van der Waals surface area contributed by atoms with Gasteiger partial charge in [-0.3, -0.25) is 0 Å². The second-order valence-corrected chi connectivity index (χ2v) is 7.76. The molecule has 0 atom stereocenters. The van der Waals surface area contributed by atoms with Crippen molar-refractivity contribution in [2.24, 2.45) is 0 Å². The fourth-order valence-corrected chi connectivity index (χ4v) is 3.74. The molecule has 4 nitrogen and oxygen atoms in total. The topological polar surface area (TPSA) is 39.7 Å².